The number of aromatic nitrogens is 2. The minimum atomic E-state index is -0.282. The van der Waals surface area contributed by atoms with E-state index in [9.17, 15) is 14.0 Å². The second-order valence-corrected chi connectivity index (χ2v) is 5.86. The van der Waals surface area contributed by atoms with Crippen LogP contribution in [-0.2, 0) is 17.9 Å². The number of carbonyl (C=O) groups excluding carboxylic acids is 1. The number of fused-ring (bicyclic) bond motifs is 1. The molecule has 1 aromatic heterocycles. The molecule has 0 aliphatic heterocycles. The number of amides is 1. The lowest BCUT2D eigenvalue weighted by Gasteiger charge is -2.10. The van der Waals surface area contributed by atoms with Crippen molar-refractivity contribution in [3.05, 3.63) is 75.8 Å². The van der Waals surface area contributed by atoms with E-state index in [4.69, 9.17) is 0 Å². The van der Waals surface area contributed by atoms with E-state index < -0.39 is 0 Å². The largest absolute Gasteiger partial charge is 0.352 e. The van der Waals surface area contributed by atoms with Crippen molar-refractivity contribution in [1.82, 2.24) is 15.1 Å². The number of aryl methyl sites for hydroxylation is 2. The molecule has 1 heterocycles. The predicted octanol–water partition coefficient (Wildman–Crippen LogP) is 2.55. The molecule has 25 heavy (non-hydrogen) atoms. The summed E-state index contributed by atoms with van der Waals surface area (Å²) >= 11 is 0. The Labute approximate surface area is 144 Å². The molecule has 5 nitrogen and oxygen atoms in total. The summed E-state index contributed by atoms with van der Waals surface area (Å²) in [5, 5.41) is 7.44. The highest BCUT2D eigenvalue weighted by molar-refractivity contribution is 5.79. The molecular formula is C19H18FN3O2. The highest BCUT2D eigenvalue weighted by atomic mass is 19.1. The summed E-state index contributed by atoms with van der Waals surface area (Å²) in [4.78, 5) is 23.8. The molecule has 0 atom stereocenters. The summed E-state index contributed by atoms with van der Waals surface area (Å²) < 4.78 is 15.1. The Hall–Kier alpha value is -3.02. The quantitative estimate of drug-likeness (QED) is 0.777. The number of nitrogens with zero attached hydrogens (tertiary/aromatic N) is 2. The molecule has 3 aromatic rings. The Morgan fingerprint density at radius 2 is 2.04 bits per heavy atom. The minimum Gasteiger partial charge on any atom is -0.352 e. The van der Waals surface area contributed by atoms with Crippen molar-refractivity contribution in [2.45, 2.75) is 26.4 Å². The monoisotopic (exact) mass is 339 g/mol. The summed E-state index contributed by atoms with van der Waals surface area (Å²) in [6, 6.07) is 12.1. The van der Waals surface area contributed by atoms with Crippen LogP contribution in [0.1, 0.15) is 17.5 Å². The van der Waals surface area contributed by atoms with Gasteiger partial charge in [0.05, 0.1) is 18.3 Å². The number of nitrogens with one attached hydrogen (secondary N) is 1. The maximum Gasteiger partial charge on any atom is 0.222 e. The van der Waals surface area contributed by atoms with Crippen LogP contribution in [-0.4, -0.2) is 15.7 Å². The molecule has 3 rings (SSSR count). The molecule has 1 N–H and O–H groups in total. The van der Waals surface area contributed by atoms with Crippen LogP contribution in [0.4, 0.5) is 4.39 Å². The van der Waals surface area contributed by atoms with Crippen LogP contribution >= 0.6 is 0 Å². The number of hydrogen-bond donors (Lipinski definition) is 1. The lowest BCUT2D eigenvalue weighted by atomic mass is 10.1. The summed E-state index contributed by atoms with van der Waals surface area (Å²) in [5.74, 6) is -0.443. The van der Waals surface area contributed by atoms with Crippen molar-refractivity contribution in [3.63, 3.8) is 0 Å². The topological polar surface area (TPSA) is 64.0 Å². The van der Waals surface area contributed by atoms with E-state index in [0.29, 0.717) is 28.6 Å². The molecule has 128 valence electrons. The Morgan fingerprint density at radius 1 is 1.24 bits per heavy atom. The van der Waals surface area contributed by atoms with Crippen molar-refractivity contribution in [2.75, 3.05) is 0 Å². The second-order valence-electron chi connectivity index (χ2n) is 5.86. The van der Waals surface area contributed by atoms with Gasteiger partial charge in [-0.25, -0.2) is 4.39 Å². The SMILES string of the molecule is Cc1ccc(CNC(=O)CCn2ncc(=O)c3ccccc32)cc1F. The number of carbonyl (C=O) groups is 1. The van der Waals surface area contributed by atoms with Crippen molar-refractivity contribution in [2.24, 2.45) is 0 Å². The molecule has 0 fully saturated rings. The summed E-state index contributed by atoms with van der Waals surface area (Å²) in [5.41, 5.74) is 1.84. The molecule has 0 aliphatic rings. The fourth-order valence-electron chi connectivity index (χ4n) is 2.58. The number of para-hydroxylation sites is 1. The summed E-state index contributed by atoms with van der Waals surface area (Å²) in [6.07, 6.45) is 1.48. The van der Waals surface area contributed by atoms with Crippen molar-refractivity contribution in [3.8, 4) is 0 Å². The van der Waals surface area contributed by atoms with E-state index in [-0.39, 0.29) is 30.1 Å². The van der Waals surface area contributed by atoms with E-state index in [1.807, 2.05) is 6.07 Å². The van der Waals surface area contributed by atoms with Gasteiger partial charge in [-0.2, -0.15) is 5.10 Å². The van der Waals surface area contributed by atoms with Gasteiger partial charge in [0.25, 0.3) is 0 Å². The maximum atomic E-state index is 13.5. The average molecular weight is 339 g/mol. The zero-order chi connectivity index (χ0) is 17.8. The van der Waals surface area contributed by atoms with E-state index in [2.05, 4.69) is 10.4 Å². The predicted molar refractivity (Wildman–Crippen MR) is 93.6 cm³/mol. The first-order valence-corrected chi connectivity index (χ1v) is 8.01. The first-order chi connectivity index (χ1) is 12.0. The second kappa shape index (κ2) is 7.25. The van der Waals surface area contributed by atoms with E-state index in [1.165, 1.54) is 12.3 Å². The standard InChI is InChI=1S/C19H18FN3O2/c1-13-6-7-14(10-16(13)20)11-21-19(25)8-9-23-17-5-3-2-4-15(17)18(24)12-22-23/h2-7,10,12H,8-9,11H2,1H3,(H,21,25). The van der Waals surface area contributed by atoms with Gasteiger partial charge in [-0.15, -0.1) is 0 Å². The van der Waals surface area contributed by atoms with E-state index in [1.54, 1.807) is 41.9 Å². The molecule has 0 bridgehead atoms. The summed E-state index contributed by atoms with van der Waals surface area (Å²) in [6.45, 7) is 2.32. The first kappa shape index (κ1) is 16.8. The average Bonchev–Trinajstić information content (AvgIpc) is 2.62. The van der Waals surface area contributed by atoms with Crippen LogP contribution in [0.15, 0.2) is 53.5 Å². The number of rotatable bonds is 5. The van der Waals surface area contributed by atoms with Crippen LogP contribution in [0.5, 0.6) is 0 Å². The normalized spacial score (nSPS) is 10.8. The zero-order valence-electron chi connectivity index (χ0n) is 13.8. The molecule has 0 unspecified atom stereocenters. The molecule has 6 heteroatoms. The number of benzene rings is 2. The van der Waals surface area contributed by atoms with Gasteiger partial charge in [0.15, 0.2) is 0 Å². The zero-order valence-corrected chi connectivity index (χ0v) is 13.8. The Bertz CT molecular complexity index is 982. The molecular weight excluding hydrogens is 321 g/mol. The minimum absolute atomic E-state index is 0.141. The molecule has 0 spiro atoms. The Kier molecular flexibility index (Phi) is 4.88. The molecule has 0 radical (unpaired) electrons. The molecule has 0 saturated carbocycles. The van der Waals surface area contributed by atoms with E-state index >= 15 is 0 Å². The third-order valence-electron chi connectivity index (χ3n) is 4.04. The van der Waals surface area contributed by atoms with Gasteiger partial charge in [-0.1, -0.05) is 24.3 Å². The van der Waals surface area contributed by atoms with Gasteiger partial charge in [0.2, 0.25) is 11.3 Å². The molecule has 2 aromatic carbocycles. The maximum absolute atomic E-state index is 13.5. The molecule has 1 amide bonds. The van der Waals surface area contributed by atoms with Crippen LogP contribution in [0.3, 0.4) is 0 Å². The third kappa shape index (κ3) is 3.91. The van der Waals surface area contributed by atoms with Crippen LogP contribution in [0.25, 0.3) is 10.9 Å². The summed E-state index contributed by atoms with van der Waals surface area (Å²) in [7, 11) is 0. The van der Waals surface area contributed by atoms with Crippen LogP contribution in [0, 0.1) is 12.7 Å². The first-order valence-electron chi connectivity index (χ1n) is 8.01. The van der Waals surface area contributed by atoms with Gasteiger partial charge < -0.3 is 5.32 Å². The highest BCUT2D eigenvalue weighted by Gasteiger charge is 2.07. The lowest BCUT2D eigenvalue weighted by molar-refractivity contribution is -0.121. The molecule has 0 saturated heterocycles. The highest BCUT2D eigenvalue weighted by Crippen LogP contribution is 2.10. The van der Waals surface area contributed by atoms with Crippen molar-refractivity contribution in [1.29, 1.82) is 0 Å². The molecule has 0 aliphatic carbocycles. The van der Waals surface area contributed by atoms with Gasteiger partial charge in [0, 0.05) is 18.4 Å². The van der Waals surface area contributed by atoms with Gasteiger partial charge in [-0.3, -0.25) is 14.3 Å². The van der Waals surface area contributed by atoms with Crippen LogP contribution < -0.4 is 10.7 Å². The number of halogens is 1. The third-order valence-corrected chi connectivity index (χ3v) is 4.04. The van der Waals surface area contributed by atoms with Crippen molar-refractivity contribution < 1.29 is 9.18 Å². The number of hydrogen-bond acceptors (Lipinski definition) is 3. The van der Waals surface area contributed by atoms with Gasteiger partial charge in [-0.05, 0) is 36.2 Å². The smallest absolute Gasteiger partial charge is 0.222 e. The Morgan fingerprint density at radius 3 is 2.84 bits per heavy atom. The lowest BCUT2D eigenvalue weighted by Crippen LogP contribution is -2.25. The van der Waals surface area contributed by atoms with Gasteiger partial charge in [0.1, 0.15) is 5.82 Å². The fourth-order valence-corrected chi connectivity index (χ4v) is 2.58. The fraction of sp³-hybridized carbons (Fsp3) is 0.211. The van der Waals surface area contributed by atoms with Crippen molar-refractivity contribution >= 4 is 16.8 Å². The Balaban J connectivity index is 1.62. The van der Waals surface area contributed by atoms with E-state index in [0.717, 1.165) is 0 Å². The van der Waals surface area contributed by atoms with Gasteiger partial charge >= 0.3 is 0 Å². The van der Waals surface area contributed by atoms with Crippen LogP contribution in [0.2, 0.25) is 0 Å².